The van der Waals surface area contributed by atoms with E-state index in [-0.39, 0.29) is 90.5 Å². The molecule has 0 saturated heterocycles. The van der Waals surface area contributed by atoms with Crippen LogP contribution in [0.4, 0.5) is 11.4 Å². The molecule has 1 aliphatic rings. The third kappa shape index (κ3) is 37.0. The first-order chi connectivity index (χ1) is 50.1. The summed E-state index contributed by atoms with van der Waals surface area (Å²) in [4.78, 5) is 133. The number of anilines is 2. The summed E-state index contributed by atoms with van der Waals surface area (Å²) in [6, 6.07) is 12.6. The van der Waals surface area contributed by atoms with Crippen molar-refractivity contribution in [2.75, 3.05) is 82.9 Å². The van der Waals surface area contributed by atoms with Gasteiger partial charge in [-0.25, -0.2) is 0 Å². The zero-order valence-electron chi connectivity index (χ0n) is 62.7. The Hall–Kier alpha value is -8.50. The largest absolute Gasteiger partial charge is 0.493 e. The Balaban J connectivity index is 1.46. The van der Waals surface area contributed by atoms with E-state index < -0.39 is 60.4 Å². The Bertz CT molecular complexity index is 3080. The minimum absolute atomic E-state index is 0.0304. The van der Waals surface area contributed by atoms with E-state index in [4.69, 9.17) is 23.7 Å². The summed E-state index contributed by atoms with van der Waals surface area (Å²) >= 11 is 0. The van der Waals surface area contributed by atoms with Gasteiger partial charge in [0.1, 0.15) is 29.6 Å². The fraction of sp³-hybridized carbons (Fsp3) is 0.625. The van der Waals surface area contributed by atoms with Gasteiger partial charge in [-0.3, -0.25) is 52.8 Å². The number of carbonyl (C=O) groups excluding carboxylic acids is 10. The van der Waals surface area contributed by atoms with Crippen LogP contribution in [-0.4, -0.2) is 136 Å². The molecule has 9 amide bonds. The summed E-state index contributed by atoms with van der Waals surface area (Å²) in [7, 11) is 0. The lowest BCUT2D eigenvalue weighted by atomic mass is 10.1. The number of nitrogens with zero attached hydrogens (tertiary/aromatic N) is 1. The van der Waals surface area contributed by atoms with Crippen molar-refractivity contribution in [3.05, 3.63) is 82.9 Å². The highest BCUT2D eigenvalue weighted by Gasteiger charge is 2.26. The van der Waals surface area contributed by atoms with Crippen LogP contribution in [0.3, 0.4) is 0 Å². The number of amides is 9. The third-order valence-corrected chi connectivity index (χ3v) is 17.5. The van der Waals surface area contributed by atoms with E-state index in [0.717, 1.165) is 184 Å². The van der Waals surface area contributed by atoms with Gasteiger partial charge >= 0.3 is 5.97 Å². The minimum atomic E-state index is -0.717. The number of hydrogen-bond donors (Lipinski definition) is 7. The van der Waals surface area contributed by atoms with Crippen LogP contribution in [0.5, 0.6) is 23.0 Å². The van der Waals surface area contributed by atoms with Crippen LogP contribution in [0.25, 0.3) is 0 Å². The van der Waals surface area contributed by atoms with Gasteiger partial charge in [-0.1, -0.05) is 195 Å². The standard InChI is InChI=1S/C80H122N8O15/c1-6-11-16-21-27-34-50-99-67-40-38-61(55-63(67)77(95)82-47-31-20-15-10-5)86-72(90)59-84-79(97)65-57-66(70(102-53-37-30-24-19-14-9-4)58-69(65)101-52-36-29-23-18-13-8-3)80(98)85-60-73(91)87-62-39-41-68(100-51-35-28-22-17-12-7-2)64(56-62)78(96)83-48-33-26-25-32-46-81-71(89)42-45-76(94)103-54-49-88-74(92)43-44-75(88)93/h38-41,43-44,55-58H,6-37,42,45-54,59-60H2,1-5H3,(H,81,89)(H,82,95)(H,83,96)(H,84,97)(H,85,98)(H,86,90)(H,87,91). The van der Waals surface area contributed by atoms with Crippen molar-refractivity contribution in [2.45, 2.75) is 253 Å². The van der Waals surface area contributed by atoms with Crippen molar-refractivity contribution in [3.8, 4) is 23.0 Å². The molecule has 0 aliphatic carbocycles. The molecule has 0 atom stereocenters. The number of nitrogens with one attached hydrogen (secondary N) is 7. The second kappa shape index (κ2) is 54.2. The monoisotopic (exact) mass is 1430 g/mol. The summed E-state index contributed by atoms with van der Waals surface area (Å²) in [5.74, 6) is -4.13. The van der Waals surface area contributed by atoms with Gasteiger partial charge in [0, 0.05) is 55.6 Å². The van der Waals surface area contributed by atoms with Gasteiger partial charge < -0.3 is 60.9 Å². The maximum Gasteiger partial charge on any atom is 0.306 e. The first kappa shape index (κ1) is 86.9. The second-order valence-corrected chi connectivity index (χ2v) is 26.4. The number of hydrogen-bond acceptors (Lipinski definition) is 15. The summed E-state index contributed by atoms with van der Waals surface area (Å²) in [6.07, 6.45) is 33.5. The van der Waals surface area contributed by atoms with Crippen molar-refractivity contribution < 1.29 is 71.6 Å². The highest BCUT2D eigenvalue weighted by Crippen LogP contribution is 2.32. The van der Waals surface area contributed by atoms with Crippen molar-refractivity contribution >= 4 is 70.5 Å². The highest BCUT2D eigenvalue weighted by atomic mass is 16.5. The maximum absolute atomic E-state index is 14.5. The maximum atomic E-state index is 14.5. The van der Waals surface area contributed by atoms with Crippen LogP contribution >= 0.6 is 0 Å². The van der Waals surface area contributed by atoms with E-state index in [0.29, 0.717) is 75.7 Å². The smallest absolute Gasteiger partial charge is 0.306 e. The number of ether oxygens (including phenoxy) is 5. The average molecular weight is 1440 g/mol. The molecule has 0 aromatic heterocycles. The zero-order chi connectivity index (χ0) is 74.5. The summed E-state index contributed by atoms with van der Waals surface area (Å²) in [5.41, 5.74) is 1.04. The lowest BCUT2D eigenvalue weighted by Gasteiger charge is -2.18. The van der Waals surface area contributed by atoms with E-state index in [1.54, 1.807) is 30.3 Å². The predicted molar refractivity (Wildman–Crippen MR) is 403 cm³/mol. The molecule has 1 aliphatic heterocycles. The molecule has 0 unspecified atom stereocenters. The van der Waals surface area contributed by atoms with Crippen molar-refractivity contribution in [1.82, 2.24) is 31.5 Å². The molecule has 7 N–H and O–H groups in total. The van der Waals surface area contributed by atoms with Gasteiger partial charge in [0.15, 0.2) is 0 Å². The Kier molecular flexibility index (Phi) is 45.7. The first-order valence-corrected chi connectivity index (χ1v) is 38.8. The molecule has 1 heterocycles. The molecule has 572 valence electrons. The minimum Gasteiger partial charge on any atom is -0.493 e. The molecular formula is C80H122N8O15. The topological polar surface area (TPSA) is 304 Å². The van der Waals surface area contributed by atoms with Gasteiger partial charge in [0.05, 0.1) is 74.7 Å². The van der Waals surface area contributed by atoms with E-state index in [1.807, 2.05) is 0 Å². The molecule has 103 heavy (non-hydrogen) atoms. The van der Waals surface area contributed by atoms with Crippen LogP contribution in [0.2, 0.25) is 0 Å². The Morgan fingerprint density at radius 1 is 0.330 bits per heavy atom. The second-order valence-electron chi connectivity index (χ2n) is 26.4. The zero-order valence-corrected chi connectivity index (χ0v) is 62.7. The highest BCUT2D eigenvalue weighted by molar-refractivity contribution is 6.13. The number of rotatable bonds is 60. The van der Waals surface area contributed by atoms with Gasteiger partial charge in [-0.05, 0) is 87.4 Å². The van der Waals surface area contributed by atoms with Gasteiger partial charge in [0.2, 0.25) is 17.7 Å². The fourth-order valence-electron chi connectivity index (χ4n) is 11.4. The van der Waals surface area contributed by atoms with Crippen LogP contribution in [0.15, 0.2) is 60.7 Å². The molecule has 0 saturated carbocycles. The molecule has 23 heteroatoms. The van der Waals surface area contributed by atoms with Gasteiger partial charge in [-0.2, -0.15) is 0 Å². The molecule has 0 bridgehead atoms. The quantitative estimate of drug-likeness (QED) is 0.0157. The Morgan fingerprint density at radius 3 is 1.06 bits per heavy atom. The average Bonchev–Trinajstić information content (AvgIpc) is 1.25. The summed E-state index contributed by atoms with van der Waals surface area (Å²) in [6.45, 7) is 12.2. The van der Waals surface area contributed by atoms with E-state index in [1.165, 1.54) is 31.0 Å². The summed E-state index contributed by atoms with van der Waals surface area (Å²) < 4.78 is 30.1. The number of carbonyl (C=O) groups is 10. The first-order valence-electron chi connectivity index (χ1n) is 38.8. The lowest BCUT2D eigenvalue weighted by Crippen LogP contribution is -2.34. The molecule has 0 radical (unpaired) electrons. The summed E-state index contributed by atoms with van der Waals surface area (Å²) in [5, 5.41) is 19.8. The predicted octanol–water partition coefficient (Wildman–Crippen LogP) is 14.3. The number of unbranched alkanes of at least 4 members (excludes halogenated alkanes) is 26. The molecule has 4 rings (SSSR count). The molecular weight excluding hydrogens is 1310 g/mol. The normalized spacial score (nSPS) is 11.6. The third-order valence-electron chi connectivity index (χ3n) is 17.5. The van der Waals surface area contributed by atoms with E-state index in [2.05, 4.69) is 71.8 Å². The molecule has 3 aromatic carbocycles. The van der Waals surface area contributed by atoms with Crippen molar-refractivity contribution in [2.24, 2.45) is 0 Å². The molecule has 0 fully saturated rings. The van der Waals surface area contributed by atoms with Crippen LogP contribution in [-0.2, 0) is 33.5 Å². The van der Waals surface area contributed by atoms with Gasteiger partial charge in [-0.15, -0.1) is 0 Å². The van der Waals surface area contributed by atoms with E-state index in [9.17, 15) is 47.9 Å². The van der Waals surface area contributed by atoms with Crippen LogP contribution < -0.4 is 56.2 Å². The number of benzene rings is 3. The molecule has 0 spiro atoms. The Labute approximate surface area is 612 Å². The van der Waals surface area contributed by atoms with Gasteiger partial charge in [0.25, 0.3) is 35.4 Å². The fourth-order valence-corrected chi connectivity index (χ4v) is 11.4. The van der Waals surface area contributed by atoms with Crippen LogP contribution in [0.1, 0.15) is 294 Å². The SMILES string of the molecule is CCCCCCCCOc1ccc(NC(=O)CNC(=O)c2cc(C(=O)NCC(=O)Nc3ccc(OCCCCCCCC)c(C(=O)NCCCCCCNC(=O)CCC(=O)OCCN4C(=O)C=CC4=O)c3)c(OCCCCCCCC)cc2OCCCCCCCC)cc1C(=O)NCCCCCC. The van der Waals surface area contributed by atoms with E-state index >= 15 is 0 Å². The van der Waals surface area contributed by atoms with Crippen LogP contribution in [0, 0.1) is 0 Å². The van der Waals surface area contributed by atoms with Crippen molar-refractivity contribution in [1.29, 1.82) is 0 Å². The molecule has 23 nitrogen and oxygen atoms in total. The molecule has 3 aromatic rings. The van der Waals surface area contributed by atoms with Crippen molar-refractivity contribution in [3.63, 3.8) is 0 Å². The number of esters is 1. The Morgan fingerprint density at radius 2 is 0.660 bits per heavy atom. The number of imide groups is 1. The lowest BCUT2D eigenvalue weighted by molar-refractivity contribution is -0.148.